The summed E-state index contributed by atoms with van der Waals surface area (Å²) >= 11 is 1.42. The zero-order valence-electron chi connectivity index (χ0n) is 12.5. The van der Waals surface area contributed by atoms with Gasteiger partial charge in [-0.2, -0.15) is 0 Å². The predicted octanol–water partition coefficient (Wildman–Crippen LogP) is 3.58. The molecular formula is C16H21N3OS. The molecule has 3 rings (SSSR count). The number of carbonyl (C=O) groups is 1. The molecule has 1 saturated carbocycles. The molecule has 112 valence electrons. The molecular weight excluding hydrogens is 282 g/mol. The first-order chi connectivity index (χ1) is 9.96. The number of hydrogen-bond donors (Lipinski definition) is 2. The third-order valence-electron chi connectivity index (χ3n) is 4.41. The van der Waals surface area contributed by atoms with E-state index in [2.05, 4.69) is 24.1 Å². The van der Waals surface area contributed by atoms with E-state index in [1.807, 2.05) is 6.07 Å². The molecule has 1 aliphatic rings. The van der Waals surface area contributed by atoms with Gasteiger partial charge in [-0.25, -0.2) is 0 Å². The number of hydrogen-bond acceptors (Lipinski definition) is 4. The first-order valence-corrected chi connectivity index (χ1v) is 8.21. The molecule has 0 unspecified atom stereocenters. The van der Waals surface area contributed by atoms with Crippen LogP contribution in [-0.2, 0) is 0 Å². The highest BCUT2D eigenvalue weighted by Crippen LogP contribution is 2.36. The predicted molar refractivity (Wildman–Crippen MR) is 87.5 cm³/mol. The summed E-state index contributed by atoms with van der Waals surface area (Å²) in [5, 5.41) is 4.07. The Morgan fingerprint density at radius 3 is 2.81 bits per heavy atom. The number of anilines is 1. The van der Waals surface area contributed by atoms with E-state index in [9.17, 15) is 4.79 Å². The van der Waals surface area contributed by atoms with Gasteiger partial charge in [0.1, 0.15) is 4.88 Å². The van der Waals surface area contributed by atoms with Gasteiger partial charge in [-0.1, -0.05) is 13.8 Å². The zero-order chi connectivity index (χ0) is 15.0. The molecule has 0 spiro atoms. The van der Waals surface area contributed by atoms with Crippen LogP contribution in [0.25, 0.3) is 10.1 Å². The monoisotopic (exact) mass is 303 g/mol. The number of nitrogens with two attached hydrogens (primary N) is 1. The Bertz CT molecular complexity index is 667. The normalized spacial score (nSPS) is 18.8. The van der Waals surface area contributed by atoms with Crippen molar-refractivity contribution >= 4 is 33.0 Å². The minimum atomic E-state index is -0.0431. The maximum atomic E-state index is 12.5. The molecule has 0 aromatic carbocycles. The average molecular weight is 303 g/mol. The number of rotatable bonds is 2. The van der Waals surface area contributed by atoms with Gasteiger partial charge in [0.2, 0.25) is 0 Å². The Kier molecular flexibility index (Phi) is 3.61. The lowest BCUT2D eigenvalue weighted by Crippen LogP contribution is -2.39. The number of pyridine rings is 1. The van der Waals surface area contributed by atoms with Crippen LogP contribution in [0.3, 0.4) is 0 Å². The van der Waals surface area contributed by atoms with E-state index in [0.29, 0.717) is 16.0 Å². The van der Waals surface area contributed by atoms with E-state index in [0.717, 1.165) is 35.8 Å². The van der Waals surface area contributed by atoms with Crippen molar-refractivity contribution in [3.05, 3.63) is 23.3 Å². The van der Waals surface area contributed by atoms with Crippen LogP contribution in [0.1, 0.15) is 49.2 Å². The van der Waals surface area contributed by atoms with Gasteiger partial charge in [0.15, 0.2) is 0 Å². The number of amides is 1. The fraction of sp³-hybridized carbons (Fsp3) is 0.500. The van der Waals surface area contributed by atoms with Crippen molar-refractivity contribution in [2.45, 2.75) is 45.6 Å². The molecule has 1 fully saturated rings. The van der Waals surface area contributed by atoms with Crippen LogP contribution in [0.4, 0.5) is 5.69 Å². The smallest absolute Gasteiger partial charge is 0.263 e. The number of nitrogens with one attached hydrogen (secondary N) is 1. The number of carbonyl (C=O) groups excluding carboxylic acids is 1. The van der Waals surface area contributed by atoms with E-state index in [1.54, 1.807) is 12.4 Å². The summed E-state index contributed by atoms with van der Waals surface area (Å²) in [6.07, 6.45) is 7.87. The van der Waals surface area contributed by atoms with Crippen LogP contribution in [0.15, 0.2) is 18.5 Å². The maximum Gasteiger partial charge on any atom is 0.263 e. The van der Waals surface area contributed by atoms with Crippen LogP contribution in [0, 0.1) is 5.41 Å². The highest BCUT2D eigenvalue weighted by molar-refractivity contribution is 7.21. The number of thiophene rings is 1. The molecule has 2 heterocycles. The van der Waals surface area contributed by atoms with Crippen LogP contribution in [0.5, 0.6) is 0 Å². The molecule has 1 amide bonds. The van der Waals surface area contributed by atoms with Crippen molar-refractivity contribution in [3.8, 4) is 0 Å². The fourth-order valence-electron chi connectivity index (χ4n) is 2.93. The van der Waals surface area contributed by atoms with Crippen molar-refractivity contribution in [2.24, 2.45) is 5.41 Å². The van der Waals surface area contributed by atoms with Gasteiger partial charge in [0.05, 0.1) is 10.4 Å². The molecule has 5 heteroatoms. The number of aromatic nitrogens is 1. The van der Waals surface area contributed by atoms with E-state index < -0.39 is 0 Å². The van der Waals surface area contributed by atoms with Crippen LogP contribution >= 0.6 is 11.3 Å². The Morgan fingerprint density at radius 2 is 2.14 bits per heavy atom. The molecule has 21 heavy (non-hydrogen) atoms. The van der Waals surface area contributed by atoms with Gasteiger partial charge < -0.3 is 11.1 Å². The van der Waals surface area contributed by atoms with Crippen LogP contribution < -0.4 is 11.1 Å². The molecule has 0 atom stereocenters. The first kappa shape index (κ1) is 14.3. The summed E-state index contributed by atoms with van der Waals surface area (Å²) < 4.78 is 0.963. The minimum absolute atomic E-state index is 0.0431. The summed E-state index contributed by atoms with van der Waals surface area (Å²) in [4.78, 5) is 17.2. The Balaban J connectivity index is 1.74. The number of fused-ring (bicyclic) bond motifs is 1. The molecule has 0 aliphatic heterocycles. The van der Waals surface area contributed by atoms with E-state index in [4.69, 9.17) is 5.73 Å². The molecule has 2 aromatic heterocycles. The SMILES string of the molecule is CC1(C)CCC(NC(=O)c2sc3cnccc3c2N)CC1. The number of nitrogens with zero attached hydrogens (tertiary/aromatic N) is 1. The lowest BCUT2D eigenvalue weighted by molar-refractivity contribution is 0.0914. The molecule has 2 aromatic rings. The molecule has 4 nitrogen and oxygen atoms in total. The van der Waals surface area contributed by atoms with Crippen molar-refractivity contribution in [1.29, 1.82) is 0 Å². The summed E-state index contributed by atoms with van der Waals surface area (Å²) in [7, 11) is 0. The lowest BCUT2D eigenvalue weighted by atomic mass is 9.75. The summed E-state index contributed by atoms with van der Waals surface area (Å²) in [6.45, 7) is 4.59. The lowest BCUT2D eigenvalue weighted by Gasteiger charge is -2.34. The standard InChI is InChI=1S/C16H21N3OS/c1-16(2)6-3-10(4-7-16)19-15(20)14-13(17)11-5-8-18-9-12(11)21-14/h5,8-10H,3-4,6-7,17H2,1-2H3,(H,19,20). The molecule has 0 radical (unpaired) electrons. The van der Waals surface area contributed by atoms with Gasteiger partial charge in [0.25, 0.3) is 5.91 Å². The van der Waals surface area contributed by atoms with Gasteiger partial charge in [-0.3, -0.25) is 9.78 Å². The number of nitrogen functional groups attached to an aromatic ring is 1. The second-order valence-corrected chi connectivity index (χ2v) is 7.68. The van der Waals surface area contributed by atoms with Gasteiger partial charge in [-0.15, -0.1) is 11.3 Å². The summed E-state index contributed by atoms with van der Waals surface area (Å²) in [5.41, 5.74) is 7.09. The van der Waals surface area contributed by atoms with Crippen LogP contribution in [-0.4, -0.2) is 16.9 Å². The topological polar surface area (TPSA) is 68.0 Å². The van der Waals surface area contributed by atoms with Crippen molar-refractivity contribution in [3.63, 3.8) is 0 Å². The summed E-state index contributed by atoms with van der Waals surface area (Å²) in [5.74, 6) is -0.0431. The second kappa shape index (κ2) is 5.30. The fourth-order valence-corrected chi connectivity index (χ4v) is 3.93. The molecule has 0 bridgehead atoms. The third kappa shape index (κ3) is 2.88. The average Bonchev–Trinajstić information content (AvgIpc) is 2.79. The zero-order valence-corrected chi connectivity index (χ0v) is 13.3. The third-order valence-corrected chi connectivity index (χ3v) is 5.57. The van der Waals surface area contributed by atoms with Crippen molar-refractivity contribution in [2.75, 3.05) is 5.73 Å². The maximum absolute atomic E-state index is 12.5. The Labute approximate surface area is 128 Å². The first-order valence-electron chi connectivity index (χ1n) is 7.39. The van der Waals surface area contributed by atoms with Crippen molar-refractivity contribution < 1.29 is 4.79 Å². The van der Waals surface area contributed by atoms with Gasteiger partial charge in [-0.05, 0) is 37.2 Å². The van der Waals surface area contributed by atoms with E-state index >= 15 is 0 Å². The van der Waals surface area contributed by atoms with E-state index in [1.165, 1.54) is 11.3 Å². The molecule has 3 N–H and O–H groups in total. The van der Waals surface area contributed by atoms with Gasteiger partial charge in [0, 0.05) is 23.8 Å². The largest absolute Gasteiger partial charge is 0.397 e. The second-order valence-electron chi connectivity index (χ2n) is 6.63. The van der Waals surface area contributed by atoms with Crippen molar-refractivity contribution in [1.82, 2.24) is 10.3 Å². The molecule has 0 saturated heterocycles. The van der Waals surface area contributed by atoms with Crippen LogP contribution in [0.2, 0.25) is 0 Å². The highest BCUT2D eigenvalue weighted by atomic mass is 32.1. The highest BCUT2D eigenvalue weighted by Gasteiger charge is 2.28. The Morgan fingerprint density at radius 1 is 1.43 bits per heavy atom. The quantitative estimate of drug-likeness (QED) is 0.891. The van der Waals surface area contributed by atoms with E-state index in [-0.39, 0.29) is 11.9 Å². The minimum Gasteiger partial charge on any atom is -0.397 e. The molecule has 1 aliphatic carbocycles. The van der Waals surface area contributed by atoms with Gasteiger partial charge >= 0.3 is 0 Å². The summed E-state index contributed by atoms with van der Waals surface area (Å²) in [6, 6.07) is 2.13. The Hall–Kier alpha value is -1.62.